The molecule has 3 aromatic rings. The number of aromatic nitrogens is 5. The first-order valence-corrected chi connectivity index (χ1v) is 7.98. The molecule has 6 nitrogen and oxygen atoms in total. The molecule has 1 fully saturated rings. The zero-order valence-corrected chi connectivity index (χ0v) is 13.1. The van der Waals surface area contributed by atoms with Crippen LogP contribution in [0.1, 0.15) is 24.5 Å². The summed E-state index contributed by atoms with van der Waals surface area (Å²) in [4.78, 5) is 14.2. The number of hydrogen-bond donors (Lipinski definition) is 1. The Labute approximate surface area is 138 Å². The molecular weight excluding hydrogens is 307 g/mol. The van der Waals surface area contributed by atoms with Crippen LogP contribution in [0.2, 0.25) is 0 Å². The van der Waals surface area contributed by atoms with Crippen LogP contribution in [0, 0.1) is 5.82 Å². The Balaban J connectivity index is 1.43. The average Bonchev–Trinajstić information content (AvgIpc) is 3.13. The van der Waals surface area contributed by atoms with E-state index >= 15 is 0 Å². The van der Waals surface area contributed by atoms with Crippen LogP contribution in [-0.4, -0.2) is 38.2 Å². The third kappa shape index (κ3) is 2.97. The minimum absolute atomic E-state index is 0.408. The number of H-pyrrole nitrogens is 1. The van der Waals surface area contributed by atoms with Crippen molar-refractivity contribution in [2.45, 2.75) is 18.8 Å². The molecule has 24 heavy (non-hydrogen) atoms. The SMILES string of the molecule is Fc1cnc(N2CCC(c3cc(-c4ccncc4)n[nH]3)CC2)nc1. The van der Waals surface area contributed by atoms with Crippen molar-refractivity contribution < 1.29 is 4.39 Å². The fourth-order valence-electron chi connectivity index (χ4n) is 3.08. The molecule has 1 aliphatic heterocycles. The van der Waals surface area contributed by atoms with Crippen molar-refractivity contribution in [3.8, 4) is 11.3 Å². The van der Waals surface area contributed by atoms with Crippen LogP contribution in [0.25, 0.3) is 11.3 Å². The molecule has 0 radical (unpaired) electrons. The maximum absolute atomic E-state index is 12.9. The molecule has 1 saturated heterocycles. The molecular formula is C17H17FN6. The topological polar surface area (TPSA) is 70.6 Å². The van der Waals surface area contributed by atoms with E-state index in [0.29, 0.717) is 11.9 Å². The molecule has 0 aliphatic carbocycles. The normalized spacial score (nSPS) is 15.6. The molecule has 0 spiro atoms. The van der Waals surface area contributed by atoms with Gasteiger partial charge in [0.25, 0.3) is 0 Å². The Morgan fingerprint density at radius 1 is 1.08 bits per heavy atom. The van der Waals surface area contributed by atoms with Crippen LogP contribution in [0.3, 0.4) is 0 Å². The predicted octanol–water partition coefficient (Wildman–Crippen LogP) is 2.78. The summed E-state index contributed by atoms with van der Waals surface area (Å²) in [6.45, 7) is 1.69. The summed E-state index contributed by atoms with van der Waals surface area (Å²) in [6, 6.07) is 6.02. The molecule has 4 heterocycles. The van der Waals surface area contributed by atoms with Gasteiger partial charge in [-0.15, -0.1) is 0 Å². The minimum atomic E-state index is -0.408. The Kier molecular flexibility index (Phi) is 3.90. The van der Waals surface area contributed by atoms with Gasteiger partial charge >= 0.3 is 0 Å². The Bertz CT molecular complexity index is 793. The quantitative estimate of drug-likeness (QED) is 0.802. The summed E-state index contributed by atoms with van der Waals surface area (Å²) >= 11 is 0. The van der Waals surface area contributed by atoms with E-state index in [4.69, 9.17) is 0 Å². The minimum Gasteiger partial charge on any atom is -0.341 e. The zero-order valence-electron chi connectivity index (χ0n) is 13.1. The summed E-state index contributed by atoms with van der Waals surface area (Å²) in [5, 5.41) is 7.58. The molecule has 7 heteroatoms. The van der Waals surface area contributed by atoms with Crippen LogP contribution in [0.15, 0.2) is 43.0 Å². The maximum Gasteiger partial charge on any atom is 0.225 e. The number of pyridine rings is 1. The summed E-state index contributed by atoms with van der Waals surface area (Å²) in [6.07, 6.45) is 7.93. The predicted molar refractivity (Wildman–Crippen MR) is 88.0 cm³/mol. The molecule has 3 aromatic heterocycles. The highest BCUT2D eigenvalue weighted by Gasteiger charge is 2.23. The highest BCUT2D eigenvalue weighted by atomic mass is 19.1. The van der Waals surface area contributed by atoms with E-state index in [9.17, 15) is 4.39 Å². The summed E-state index contributed by atoms with van der Waals surface area (Å²) in [5.41, 5.74) is 3.16. The van der Waals surface area contributed by atoms with Gasteiger partial charge in [0.2, 0.25) is 5.95 Å². The molecule has 0 aromatic carbocycles. The monoisotopic (exact) mass is 324 g/mol. The summed E-state index contributed by atoms with van der Waals surface area (Å²) in [5.74, 6) is 0.622. The van der Waals surface area contributed by atoms with Crippen molar-refractivity contribution in [1.82, 2.24) is 25.1 Å². The third-order valence-electron chi connectivity index (χ3n) is 4.40. The maximum atomic E-state index is 12.9. The van der Waals surface area contributed by atoms with Gasteiger partial charge in [-0.25, -0.2) is 14.4 Å². The second-order valence-electron chi connectivity index (χ2n) is 5.91. The lowest BCUT2D eigenvalue weighted by Gasteiger charge is -2.31. The molecule has 0 saturated carbocycles. The van der Waals surface area contributed by atoms with Crippen molar-refractivity contribution >= 4 is 5.95 Å². The van der Waals surface area contributed by atoms with E-state index in [1.807, 2.05) is 12.1 Å². The van der Waals surface area contributed by atoms with Gasteiger partial charge in [0, 0.05) is 42.7 Å². The van der Waals surface area contributed by atoms with Crippen molar-refractivity contribution in [3.05, 3.63) is 54.5 Å². The van der Waals surface area contributed by atoms with Crippen LogP contribution in [-0.2, 0) is 0 Å². The van der Waals surface area contributed by atoms with E-state index < -0.39 is 5.82 Å². The highest BCUT2D eigenvalue weighted by Crippen LogP contribution is 2.30. The number of nitrogens with one attached hydrogen (secondary N) is 1. The number of aromatic amines is 1. The van der Waals surface area contributed by atoms with E-state index in [2.05, 4.69) is 36.1 Å². The first kappa shape index (κ1) is 14.7. The summed E-state index contributed by atoms with van der Waals surface area (Å²) in [7, 11) is 0. The van der Waals surface area contributed by atoms with Gasteiger partial charge in [-0.05, 0) is 31.0 Å². The Morgan fingerprint density at radius 2 is 1.79 bits per heavy atom. The number of piperidine rings is 1. The molecule has 0 unspecified atom stereocenters. The standard InChI is InChI=1S/C17H17FN6/c18-14-10-20-17(21-11-14)24-7-3-13(4-8-24)16-9-15(22-23-16)12-1-5-19-6-2-12/h1-2,5-6,9-11,13H,3-4,7-8H2,(H,22,23). The van der Waals surface area contributed by atoms with Crippen molar-refractivity contribution in [1.29, 1.82) is 0 Å². The number of anilines is 1. The molecule has 0 amide bonds. The number of hydrogen-bond acceptors (Lipinski definition) is 5. The second kappa shape index (κ2) is 6.35. The first-order valence-electron chi connectivity index (χ1n) is 7.98. The summed E-state index contributed by atoms with van der Waals surface area (Å²) < 4.78 is 12.9. The lowest BCUT2D eigenvalue weighted by Crippen LogP contribution is -2.34. The van der Waals surface area contributed by atoms with Gasteiger partial charge in [-0.2, -0.15) is 5.10 Å². The van der Waals surface area contributed by atoms with Crippen molar-refractivity contribution in [2.75, 3.05) is 18.0 Å². The molecule has 122 valence electrons. The lowest BCUT2D eigenvalue weighted by molar-refractivity contribution is 0.489. The van der Waals surface area contributed by atoms with Gasteiger partial charge in [0.1, 0.15) is 0 Å². The fraction of sp³-hybridized carbons (Fsp3) is 0.294. The van der Waals surface area contributed by atoms with Crippen LogP contribution in [0.4, 0.5) is 10.3 Å². The van der Waals surface area contributed by atoms with Crippen LogP contribution >= 0.6 is 0 Å². The van der Waals surface area contributed by atoms with Gasteiger partial charge < -0.3 is 4.90 Å². The number of halogens is 1. The molecule has 1 aliphatic rings. The van der Waals surface area contributed by atoms with Crippen LogP contribution < -0.4 is 4.90 Å². The van der Waals surface area contributed by atoms with Gasteiger partial charge in [-0.3, -0.25) is 10.1 Å². The lowest BCUT2D eigenvalue weighted by atomic mass is 9.93. The Morgan fingerprint density at radius 3 is 2.50 bits per heavy atom. The van der Waals surface area contributed by atoms with E-state index in [1.54, 1.807) is 12.4 Å². The van der Waals surface area contributed by atoms with Crippen molar-refractivity contribution in [2.24, 2.45) is 0 Å². The van der Waals surface area contributed by atoms with E-state index in [-0.39, 0.29) is 0 Å². The number of rotatable bonds is 3. The fourth-order valence-corrected chi connectivity index (χ4v) is 3.08. The van der Waals surface area contributed by atoms with Gasteiger partial charge in [-0.1, -0.05) is 0 Å². The zero-order chi connectivity index (χ0) is 16.4. The highest BCUT2D eigenvalue weighted by molar-refractivity contribution is 5.58. The second-order valence-corrected chi connectivity index (χ2v) is 5.91. The molecule has 0 bridgehead atoms. The van der Waals surface area contributed by atoms with Gasteiger partial charge in [0.05, 0.1) is 18.1 Å². The smallest absolute Gasteiger partial charge is 0.225 e. The molecule has 0 atom stereocenters. The average molecular weight is 324 g/mol. The van der Waals surface area contributed by atoms with Crippen molar-refractivity contribution in [3.63, 3.8) is 0 Å². The number of nitrogens with zero attached hydrogens (tertiary/aromatic N) is 5. The largest absolute Gasteiger partial charge is 0.341 e. The van der Waals surface area contributed by atoms with Gasteiger partial charge in [0.15, 0.2) is 5.82 Å². The molecule has 1 N–H and O–H groups in total. The third-order valence-corrected chi connectivity index (χ3v) is 4.40. The van der Waals surface area contributed by atoms with E-state index in [1.165, 1.54) is 12.4 Å². The van der Waals surface area contributed by atoms with E-state index in [0.717, 1.165) is 42.9 Å². The Hall–Kier alpha value is -2.83. The first-order chi connectivity index (χ1) is 11.8. The van der Waals surface area contributed by atoms with Crippen LogP contribution in [0.5, 0.6) is 0 Å². The molecule has 4 rings (SSSR count).